The zero-order chi connectivity index (χ0) is 15.5. The molecule has 0 aliphatic heterocycles. The molecule has 0 N–H and O–H groups in total. The van der Waals surface area contributed by atoms with Gasteiger partial charge in [-0.1, -0.05) is 37.0 Å². The SMILES string of the molecule is CC1(C)CC(=O)C1(Cl)CC(Cl)(Cl)C(F)(F)C(F)(F)F. The maximum absolute atomic E-state index is 13.2. The summed E-state index contributed by atoms with van der Waals surface area (Å²) in [6, 6.07) is 0. The summed E-state index contributed by atoms with van der Waals surface area (Å²) in [4.78, 5) is 9.52. The van der Waals surface area contributed by atoms with Crippen molar-refractivity contribution in [3.63, 3.8) is 0 Å². The van der Waals surface area contributed by atoms with Crippen LogP contribution in [0.5, 0.6) is 0 Å². The second kappa shape index (κ2) is 4.34. The molecule has 0 aromatic heterocycles. The highest BCUT2D eigenvalue weighted by molar-refractivity contribution is 6.50. The molecule has 1 rings (SSSR count). The molecule has 1 unspecified atom stereocenters. The van der Waals surface area contributed by atoms with E-state index < -0.39 is 38.9 Å². The van der Waals surface area contributed by atoms with Gasteiger partial charge in [0.15, 0.2) is 10.1 Å². The number of carbonyl (C=O) groups excluding carboxylic acids is 1. The van der Waals surface area contributed by atoms with Crippen molar-refractivity contribution in [3.05, 3.63) is 0 Å². The lowest BCUT2D eigenvalue weighted by molar-refractivity contribution is -0.288. The lowest BCUT2D eigenvalue weighted by Gasteiger charge is -2.52. The number of hydrogen-bond donors (Lipinski definition) is 0. The molecule has 1 aliphatic rings. The number of carbonyl (C=O) groups is 1. The molecule has 1 aliphatic carbocycles. The molecule has 0 aromatic carbocycles. The van der Waals surface area contributed by atoms with E-state index in [-0.39, 0.29) is 6.42 Å². The predicted octanol–water partition coefficient (Wildman–Crippen LogP) is 4.72. The number of alkyl halides is 8. The van der Waals surface area contributed by atoms with Gasteiger partial charge in [-0.05, 0) is 5.41 Å². The predicted molar refractivity (Wildman–Crippen MR) is 62.0 cm³/mol. The van der Waals surface area contributed by atoms with Crippen LogP contribution in [0.3, 0.4) is 0 Å². The van der Waals surface area contributed by atoms with Gasteiger partial charge in [-0.15, -0.1) is 11.6 Å². The quantitative estimate of drug-likeness (QED) is 0.533. The third-order valence-electron chi connectivity index (χ3n) is 3.40. The van der Waals surface area contributed by atoms with E-state index in [1.807, 2.05) is 0 Å². The summed E-state index contributed by atoms with van der Waals surface area (Å²) in [6.45, 7) is 2.94. The molecule has 0 spiro atoms. The average molecular weight is 348 g/mol. The first-order valence-electron chi connectivity index (χ1n) is 5.13. The van der Waals surface area contributed by atoms with Crippen molar-refractivity contribution in [2.24, 2.45) is 5.41 Å². The summed E-state index contributed by atoms with van der Waals surface area (Å²) < 4.78 is 59.7. The van der Waals surface area contributed by atoms with Crippen molar-refractivity contribution >= 4 is 40.6 Å². The van der Waals surface area contributed by atoms with E-state index in [2.05, 4.69) is 0 Å². The maximum Gasteiger partial charge on any atom is 0.456 e. The van der Waals surface area contributed by atoms with Crippen LogP contribution in [0.2, 0.25) is 0 Å². The molecule has 1 fully saturated rings. The van der Waals surface area contributed by atoms with Gasteiger partial charge in [0, 0.05) is 12.8 Å². The van der Waals surface area contributed by atoms with Gasteiger partial charge in [0.1, 0.15) is 4.87 Å². The normalized spacial score (nSPS) is 28.2. The Labute approximate surface area is 121 Å². The Kier molecular flexibility index (Phi) is 3.94. The standard InChI is InChI=1S/C10H10Cl3F5O/c1-6(2)3-5(19)7(6,11)4-8(12,13)9(14,15)10(16,17)18/h3-4H2,1-2H3. The largest absolute Gasteiger partial charge is 0.456 e. The third-order valence-corrected chi connectivity index (χ3v) is 5.00. The van der Waals surface area contributed by atoms with Crippen LogP contribution in [0.25, 0.3) is 0 Å². The topological polar surface area (TPSA) is 17.1 Å². The van der Waals surface area contributed by atoms with Gasteiger partial charge in [0.2, 0.25) is 0 Å². The Morgan fingerprint density at radius 3 is 1.84 bits per heavy atom. The third kappa shape index (κ3) is 2.44. The Morgan fingerprint density at radius 1 is 1.16 bits per heavy atom. The molecule has 1 atom stereocenters. The number of halogens is 8. The van der Waals surface area contributed by atoms with Crippen molar-refractivity contribution in [1.29, 1.82) is 0 Å². The van der Waals surface area contributed by atoms with Crippen LogP contribution in [0, 0.1) is 5.41 Å². The fourth-order valence-electron chi connectivity index (χ4n) is 1.91. The van der Waals surface area contributed by atoms with Gasteiger partial charge in [0.05, 0.1) is 0 Å². The van der Waals surface area contributed by atoms with Gasteiger partial charge >= 0.3 is 12.1 Å². The lowest BCUT2D eigenvalue weighted by Crippen LogP contribution is -2.63. The van der Waals surface area contributed by atoms with E-state index in [1.54, 1.807) is 0 Å². The number of rotatable bonds is 3. The smallest absolute Gasteiger partial charge is 0.298 e. The first-order valence-corrected chi connectivity index (χ1v) is 6.26. The summed E-state index contributed by atoms with van der Waals surface area (Å²) in [6.07, 6.45) is -7.15. The summed E-state index contributed by atoms with van der Waals surface area (Å²) in [5.41, 5.74) is -0.956. The van der Waals surface area contributed by atoms with E-state index in [0.717, 1.165) is 0 Å². The van der Waals surface area contributed by atoms with E-state index >= 15 is 0 Å². The molecule has 0 heterocycles. The Morgan fingerprint density at radius 2 is 1.58 bits per heavy atom. The van der Waals surface area contributed by atoms with E-state index in [4.69, 9.17) is 34.8 Å². The Hall–Kier alpha value is 0.190. The fourth-order valence-corrected chi connectivity index (χ4v) is 3.00. The second-order valence-corrected chi connectivity index (χ2v) is 7.37. The molecule has 0 saturated heterocycles. The van der Waals surface area contributed by atoms with E-state index in [1.165, 1.54) is 13.8 Å². The molecule has 9 heteroatoms. The summed E-state index contributed by atoms with van der Waals surface area (Å²) in [7, 11) is 0. The molecule has 19 heavy (non-hydrogen) atoms. The minimum Gasteiger partial charge on any atom is -0.298 e. The van der Waals surface area contributed by atoms with Crippen molar-refractivity contribution in [1.82, 2.24) is 0 Å². The molecule has 1 saturated carbocycles. The first kappa shape index (κ1) is 17.2. The molecule has 0 amide bonds. The summed E-state index contributed by atoms with van der Waals surface area (Å²) in [5.74, 6) is -6.03. The molecule has 0 radical (unpaired) electrons. The van der Waals surface area contributed by atoms with Crippen LogP contribution < -0.4 is 0 Å². The summed E-state index contributed by atoms with van der Waals surface area (Å²) in [5, 5.41) is 0. The van der Waals surface area contributed by atoms with Crippen LogP contribution in [0.15, 0.2) is 0 Å². The highest BCUT2D eigenvalue weighted by atomic mass is 35.5. The second-order valence-electron chi connectivity index (χ2n) is 5.24. The Balaban J connectivity index is 3.08. The van der Waals surface area contributed by atoms with Crippen LogP contribution in [-0.4, -0.2) is 27.1 Å². The summed E-state index contributed by atoms with van der Waals surface area (Å²) >= 11 is 16.2. The number of Topliss-reactive ketones (excluding diaryl/α,β-unsaturated/α-hetero) is 1. The number of hydrogen-bond acceptors (Lipinski definition) is 1. The van der Waals surface area contributed by atoms with E-state index in [0.29, 0.717) is 0 Å². The van der Waals surface area contributed by atoms with Crippen molar-refractivity contribution in [3.8, 4) is 0 Å². The van der Waals surface area contributed by atoms with Crippen molar-refractivity contribution < 1.29 is 26.7 Å². The van der Waals surface area contributed by atoms with Gasteiger partial charge in [-0.3, -0.25) is 4.79 Å². The molecule has 1 nitrogen and oxygen atoms in total. The van der Waals surface area contributed by atoms with Crippen LogP contribution >= 0.6 is 34.8 Å². The molecular weight excluding hydrogens is 337 g/mol. The maximum atomic E-state index is 13.2. The monoisotopic (exact) mass is 346 g/mol. The minimum atomic E-state index is -5.93. The van der Waals surface area contributed by atoms with Crippen LogP contribution in [0.4, 0.5) is 22.0 Å². The van der Waals surface area contributed by atoms with Crippen molar-refractivity contribution in [2.45, 2.75) is 48.0 Å². The number of ketones is 1. The average Bonchev–Trinajstić information content (AvgIpc) is 2.14. The van der Waals surface area contributed by atoms with Gasteiger partial charge in [0.25, 0.3) is 0 Å². The molecule has 0 aromatic rings. The molecular formula is C10H10Cl3F5O. The first-order chi connectivity index (χ1) is 8.08. The highest BCUT2D eigenvalue weighted by Gasteiger charge is 2.73. The Bertz CT molecular complexity index is 404. The van der Waals surface area contributed by atoms with Crippen LogP contribution in [-0.2, 0) is 4.79 Å². The van der Waals surface area contributed by atoms with Gasteiger partial charge in [-0.25, -0.2) is 0 Å². The zero-order valence-corrected chi connectivity index (χ0v) is 12.1. The van der Waals surface area contributed by atoms with Crippen LogP contribution in [0.1, 0.15) is 26.7 Å². The lowest BCUT2D eigenvalue weighted by atomic mass is 9.59. The molecule has 112 valence electrons. The minimum absolute atomic E-state index is 0.0298. The van der Waals surface area contributed by atoms with Gasteiger partial charge < -0.3 is 0 Å². The van der Waals surface area contributed by atoms with E-state index in [9.17, 15) is 26.7 Å². The molecule has 0 bridgehead atoms. The highest BCUT2D eigenvalue weighted by Crippen LogP contribution is 2.60. The van der Waals surface area contributed by atoms with Gasteiger partial charge in [-0.2, -0.15) is 22.0 Å². The van der Waals surface area contributed by atoms with Crippen molar-refractivity contribution in [2.75, 3.05) is 0 Å². The fraction of sp³-hybridized carbons (Fsp3) is 0.900. The zero-order valence-electron chi connectivity index (χ0n) is 9.85.